The molecule has 0 N–H and O–H groups in total. The minimum absolute atomic E-state index is 0.637. The Labute approximate surface area is 756 Å². The SMILES string of the molecule is c1ccc(-c2cc(-c3ccc(-n4c5ccccc5c5cc6oc7ccccc7c6cc54)cc3)nc(-c3ccccc3)n2)cc1.c1ccc(-c2cc(-c3ccccc3)nc(-c3ccc(-n4c5ccccc5c5cc6oc7ccccc7c6cc54)cc3)n2)cc1.c1ccc(-c2nc(-c3ccccc3)nc(-c3ccc(-n4c5ccccc5c5cc6oc7ccccc7c6cc54)cc3)n2)cc1. The third-order valence-corrected chi connectivity index (χ3v) is 25.1. The van der Waals surface area contributed by atoms with Crippen LogP contribution >= 0.6 is 0 Å². The fourth-order valence-corrected chi connectivity index (χ4v) is 18.8. The van der Waals surface area contributed by atoms with Crippen molar-refractivity contribution >= 4 is 131 Å². The van der Waals surface area contributed by atoms with Gasteiger partial charge < -0.3 is 27.0 Å². The first kappa shape index (κ1) is 76.4. The van der Waals surface area contributed by atoms with E-state index in [9.17, 15) is 0 Å². The van der Waals surface area contributed by atoms with Crippen LogP contribution in [-0.2, 0) is 0 Å². The molecule has 0 atom stereocenters. The maximum atomic E-state index is 6.25. The molecule has 0 aliphatic heterocycles. The number of aromatic nitrogens is 10. The largest absolute Gasteiger partial charge is 0.456 e. The first-order valence-corrected chi connectivity index (χ1v) is 44.1. The summed E-state index contributed by atoms with van der Waals surface area (Å²) in [5.74, 6) is 3.35. The van der Waals surface area contributed by atoms with Crippen LogP contribution in [0.25, 0.3) is 250 Å². The topological polar surface area (TPSA) is 144 Å². The molecule has 0 aliphatic rings. The summed E-state index contributed by atoms with van der Waals surface area (Å²) >= 11 is 0. The van der Waals surface area contributed by atoms with Crippen LogP contribution in [0.1, 0.15) is 0 Å². The summed E-state index contributed by atoms with van der Waals surface area (Å²) in [6.07, 6.45) is 0. The molecular weight excluding hydrogens is 1620 g/mol. The van der Waals surface area contributed by atoms with Crippen molar-refractivity contribution < 1.29 is 13.3 Å². The van der Waals surface area contributed by atoms with Gasteiger partial charge in [0, 0.05) is 132 Å². The third kappa shape index (κ3) is 13.6. The Morgan fingerprint density at radius 3 is 0.629 bits per heavy atom. The minimum Gasteiger partial charge on any atom is -0.456 e. The monoisotopic (exact) mass is 1690 g/mol. The van der Waals surface area contributed by atoms with E-state index in [2.05, 4.69) is 293 Å². The number of rotatable bonds is 12. The molecule has 27 rings (SSSR count). The zero-order valence-corrected chi connectivity index (χ0v) is 70.9. The number of fused-ring (bicyclic) bond motifs is 18. The van der Waals surface area contributed by atoms with Crippen LogP contribution in [0.3, 0.4) is 0 Å². The van der Waals surface area contributed by atoms with Gasteiger partial charge in [-0.25, -0.2) is 34.9 Å². The number of para-hydroxylation sites is 6. The fraction of sp³-hybridized carbons (Fsp3) is 0. The van der Waals surface area contributed by atoms with E-state index < -0.39 is 0 Å². The Bertz CT molecular complexity index is 8090. The normalized spacial score (nSPS) is 11.6. The van der Waals surface area contributed by atoms with Gasteiger partial charge in [0.05, 0.1) is 55.9 Å². The molecule has 0 fully saturated rings. The van der Waals surface area contributed by atoms with Crippen molar-refractivity contribution in [3.8, 4) is 119 Å². The Morgan fingerprint density at radius 1 is 0.136 bits per heavy atom. The molecule has 13 nitrogen and oxygen atoms in total. The first-order valence-electron chi connectivity index (χ1n) is 44.1. The Morgan fingerprint density at radius 2 is 0.348 bits per heavy atom. The number of furan rings is 3. The average molecular weight is 1690 g/mol. The van der Waals surface area contributed by atoms with Crippen LogP contribution in [-0.4, -0.2) is 48.6 Å². The zero-order chi connectivity index (χ0) is 87.1. The Kier molecular flexibility index (Phi) is 18.6. The summed E-state index contributed by atoms with van der Waals surface area (Å²) in [7, 11) is 0. The quantitative estimate of drug-likeness (QED) is 0.116. The van der Waals surface area contributed by atoms with Crippen LogP contribution in [0.15, 0.2) is 462 Å². The zero-order valence-electron chi connectivity index (χ0n) is 70.9. The lowest BCUT2D eigenvalue weighted by atomic mass is 10.1. The molecule has 9 aromatic heterocycles. The van der Waals surface area contributed by atoms with E-state index >= 15 is 0 Å². The number of benzene rings is 18. The fourth-order valence-electron chi connectivity index (χ4n) is 18.8. The Hall–Kier alpha value is -18.1. The van der Waals surface area contributed by atoms with Crippen LogP contribution in [0, 0.1) is 0 Å². The highest BCUT2D eigenvalue weighted by Gasteiger charge is 2.24. The molecule has 0 radical (unpaired) electrons. The van der Waals surface area contributed by atoms with Crippen molar-refractivity contribution in [1.82, 2.24) is 48.6 Å². The van der Waals surface area contributed by atoms with Crippen LogP contribution in [0.2, 0.25) is 0 Å². The van der Waals surface area contributed by atoms with Gasteiger partial charge in [0.25, 0.3) is 0 Å². The molecule has 0 unspecified atom stereocenters. The van der Waals surface area contributed by atoms with Gasteiger partial charge in [0.1, 0.15) is 33.5 Å². The van der Waals surface area contributed by atoms with Crippen molar-refractivity contribution in [2.24, 2.45) is 0 Å². The standard InChI is InChI=1S/2C40H25N3O.C39H24N4O/c1-3-11-26(12-4-1)34-25-35(42-40(41-34)28-13-5-2-6-14-28)27-19-21-29(22-20-27)43-36-17-9-7-15-30(36)32-24-39-33(23-37(32)43)31-16-8-10-18-38(31)44-39;1-3-11-26(12-4-1)34-25-35(27-13-5-2-6-14-27)42-40(41-34)28-19-21-29(22-20-28)43-36-17-9-7-15-30(36)32-24-39-33(23-37(32)43)31-16-8-10-18-38(31)44-39;1-3-11-25(12-4-1)37-40-38(26-13-5-2-6-14-26)42-39(41-37)27-19-21-28(22-20-27)43-33-17-9-7-15-29(33)31-24-36-32(23-34(31)43)30-16-8-10-18-35(30)44-36/h2*1-25H;1-24H. The van der Waals surface area contributed by atoms with Crippen LogP contribution in [0.5, 0.6) is 0 Å². The molecule has 13 heteroatoms. The molecule has 0 amide bonds. The van der Waals surface area contributed by atoms with E-state index in [1.165, 1.54) is 26.9 Å². The molecular formula is C119H74N10O3. The summed E-state index contributed by atoms with van der Waals surface area (Å²) in [6, 6.07) is 155. The predicted octanol–water partition coefficient (Wildman–Crippen LogP) is 30.8. The molecule has 132 heavy (non-hydrogen) atoms. The van der Waals surface area contributed by atoms with E-state index in [1.54, 1.807) is 0 Å². The summed E-state index contributed by atoms with van der Waals surface area (Å²) < 4.78 is 25.8. The lowest BCUT2D eigenvalue weighted by Gasteiger charge is -2.11. The minimum atomic E-state index is 0.637. The third-order valence-electron chi connectivity index (χ3n) is 25.1. The highest BCUT2D eigenvalue weighted by atomic mass is 16.3. The second-order valence-electron chi connectivity index (χ2n) is 33.0. The van der Waals surface area contributed by atoms with Gasteiger partial charge >= 0.3 is 0 Å². The van der Waals surface area contributed by atoms with Crippen molar-refractivity contribution in [1.29, 1.82) is 0 Å². The molecule has 27 aromatic rings. The smallest absolute Gasteiger partial charge is 0.164 e. The van der Waals surface area contributed by atoms with E-state index in [0.29, 0.717) is 29.1 Å². The number of nitrogens with zero attached hydrogens (tertiary/aromatic N) is 10. The number of hydrogen-bond donors (Lipinski definition) is 0. The highest BCUT2D eigenvalue weighted by Crippen LogP contribution is 2.44. The van der Waals surface area contributed by atoms with E-state index in [4.69, 9.17) is 48.1 Å². The van der Waals surface area contributed by atoms with E-state index in [-0.39, 0.29) is 0 Å². The molecule has 0 bridgehead atoms. The van der Waals surface area contributed by atoms with Gasteiger partial charge in [-0.2, -0.15) is 0 Å². The van der Waals surface area contributed by atoms with E-state index in [1.807, 2.05) is 170 Å². The second kappa shape index (κ2) is 32.1. The number of hydrogen-bond acceptors (Lipinski definition) is 10. The lowest BCUT2D eigenvalue weighted by molar-refractivity contribution is 0.669. The van der Waals surface area contributed by atoms with Crippen molar-refractivity contribution in [3.63, 3.8) is 0 Å². The average Bonchev–Trinajstić information content (AvgIpc) is 1.51. The van der Waals surface area contributed by atoms with Gasteiger partial charge in [-0.15, -0.1) is 0 Å². The summed E-state index contributed by atoms with van der Waals surface area (Å²) in [5.41, 5.74) is 28.1. The molecule has 618 valence electrons. The first-order chi connectivity index (χ1) is 65.4. The van der Waals surface area contributed by atoms with Crippen LogP contribution < -0.4 is 0 Å². The molecule has 9 heterocycles. The molecule has 0 saturated carbocycles. The van der Waals surface area contributed by atoms with Gasteiger partial charge in [-0.3, -0.25) is 0 Å². The van der Waals surface area contributed by atoms with Gasteiger partial charge in [-0.05, 0) is 146 Å². The predicted molar refractivity (Wildman–Crippen MR) is 538 cm³/mol. The van der Waals surface area contributed by atoms with Gasteiger partial charge in [-0.1, -0.05) is 303 Å². The Balaban J connectivity index is 0.000000106. The molecule has 18 aromatic carbocycles. The summed E-state index contributed by atoms with van der Waals surface area (Å²) in [4.78, 5) is 34.7. The summed E-state index contributed by atoms with van der Waals surface area (Å²) in [6.45, 7) is 0. The molecule has 0 saturated heterocycles. The maximum absolute atomic E-state index is 6.25. The highest BCUT2D eigenvalue weighted by molar-refractivity contribution is 6.20. The second-order valence-corrected chi connectivity index (χ2v) is 33.0. The van der Waals surface area contributed by atoms with E-state index in [0.717, 1.165) is 194 Å². The van der Waals surface area contributed by atoms with Crippen molar-refractivity contribution in [3.05, 3.63) is 449 Å². The summed E-state index contributed by atoms with van der Waals surface area (Å²) in [5, 5.41) is 13.8. The van der Waals surface area contributed by atoms with Crippen molar-refractivity contribution in [2.45, 2.75) is 0 Å². The van der Waals surface area contributed by atoms with Gasteiger partial charge in [0.2, 0.25) is 0 Å². The van der Waals surface area contributed by atoms with Gasteiger partial charge in [0.15, 0.2) is 29.1 Å². The van der Waals surface area contributed by atoms with Crippen LogP contribution in [0.4, 0.5) is 0 Å². The maximum Gasteiger partial charge on any atom is 0.164 e. The molecule has 0 spiro atoms. The molecule has 0 aliphatic carbocycles. The lowest BCUT2D eigenvalue weighted by Crippen LogP contribution is -2.00. The van der Waals surface area contributed by atoms with Crippen molar-refractivity contribution in [2.75, 3.05) is 0 Å².